The predicted molar refractivity (Wildman–Crippen MR) is 135 cm³/mol. The van der Waals surface area contributed by atoms with E-state index in [-0.39, 0.29) is 42.9 Å². The van der Waals surface area contributed by atoms with Crippen molar-refractivity contribution in [3.05, 3.63) is 52.8 Å². The first-order chi connectivity index (χ1) is 16.5. The molecule has 0 saturated carbocycles. The number of amides is 1. The Morgan fingerprint density at radius 2 is 2.00 bits per heavy atom. The third-order valence-electron chi connectivity index (χ3n) is 7.37. The van der Waals surface area contributed by atoms with E-state index in [1.165, 1.54) is 16.7 Å². The Morgan fingerprint density at radius 1 is 1.20 bits per heavy atom. The molecule has 3 aliphatic heterocycles. The van der Waals surface area contributed by atoms with Crippen LogP contribution in [0.25, 0.3) is 0 Å². The number of aryl methyl sites for hydroxylation is 1. The molecule has 2 saturated heterocycles. The van der Waals surface area contributed by atoms with Gasteiger partial charge in [-0.2, -0.15) is 0 Å². The van der Waals surface area contributed by atoms with E-state index < -0.39 is 0 Å². The summed E-state index contributed by atoms with van der Waals surface area (Å²) < 4.78 is 16.9. The van der Waals surface area contributed by atoms with E-state index in [1.807, 2.05) is 12.3 Å². The van der Waals surface area contributed by atoms with Crippen molar-refractivity contribution in [2.45, 2.75) is 37.8 Å². The number of methoxy groups -OCH3 is 1. The highest BCUT2D eigenvalue weighted by Gasteiger charge is 2.39. The summed E-state index contributed by atoms with van der Waals surface area (Å²) >= 11 is 0. The second kappa shape index (κ2) is 11.1. The minimum Gasteiger partial charge on any atom is -0.493 e. The largest absolute Gasteiger partial charge is 0.493 e. The molecular weight excluding hydrogens is 468 g/mol. The number of nitrogens with zero attached hydrogens (tertiary/aromatic N) is 3. The molecule has 2 fully saturated rings. The van der Waals surface area contributed by atoms with Crippen LogP contribution in [0.2, 0.25) is 0 Å². The van der Waals surface area contributed by atoms with E-state index in [0.29, 0.717) is 37.8 Å². The first-order valence-corrected chi connectivity index (χ1v) is 12.1. The van der Waals surface area contributed by atoms with Crippen molar-refractivity contribution in [3.8, 4) is 11.5 Å². The number of hydrogen-bond donors (Lipinski definition) is 1. The van der Waals surface area contributed by atoms with Gasteiger partial charge in [-0.15, -0.1) is 12.4 Å². The molecule has 3 atom stereocenters. The zero-order valence-electron chi connectivity index (χ0n) is 20.4. The van der Waals surface area contributed by atoms with Gasteiger partial charge in [0.2, 0.25) is 0 Å². The van der Waals surface area contributed by atoms with Crippen LogP contribution in [0.3, 0.4) is 0 Å². The second-order valence-corrected chi connectivity index (χ2v) is 9.51. The second-order valence-electron chi connectivity index (χ2n) is 9.51. The molecule has 0 radical (unpaired) electrons. The smallest absolute Gasteiger partial charge is 0.260 e. The third-order valence-corrected chi connectivity index (χ3v) is 7.37. The van der Waals surface area contributed by atoms with Crippen molar-refractivity contribution < 1.29 is 19.0 Å². The Hall–Kier alpha value is -2.39. The number of carbonyl (C=O) groups excluding carboxylic acids is 1. The summed E-state index contributed by atoms with van der Waals surface area (Å²) in [7, 11) is 1.64. The van der Waals surface area contributed by atoms with E-state index in [1.54, 1.807) is 12.0 Å². The lowest BCUT2D eigenvalue weighted by molar-refractivity contribution is -0.137. The van der Waals surface area contributed by atoms with Crippen molar-refractivity contribution in [2.75, 3.05) is 53.1 Å². The number of morpholine rings is 1. The molecule has 1 aromatic heterocycles. The molecular formula is C26H35ClN4O4. The average molecular weight is 503 g/mol. The van der Waals surface area contributed by atoms with Gasteiger partial charge in [0, 0.05) is 56.1 Å². The number of nitrogens with two attached hydrogens (primary N) is 1. The van der Waals surface area contributed by atoms with Gasteiger partial charge in [0.05, 0.1) is 20.3 Å². The van der Waals surface area contributed by atoms with Crippen molar-refractivity contribution in [1.82, 2.24) is 14.8 Å². The van der Waals surface area contributed by atoms with Gasteiger partial charge in [-0.3, -0.25) is 14.7 Å². The van der Waals surface area contributed by atoms with Crippen molar-refractivity contribution >= 4 is 18.3 Å². The van der Waals surface area contributed by atoms with Crippen LogP contribution in [-0.4, -0.2) is 79.8 Å². The van der Waals surface area contributed by atoms with Crippen LogP contribution >= 0.6 is 12.4 Å². The van der Waals surface area contributed by atoms with Crippen LogP contribution in [0.5, 0.6) is 11.5 Å². The van der Waals surface area contributed by atoms with Gasteiger partial charge in [-0.05, 0) is 60.7 Å². The normalized spacial score (nSPS) is 24.1. The number of carbonyl (C=O) groups is 1. The van der Waals surface area contributed by atoms with Crippen LogP contribution in [0.1, 0.15) is 40.8 Å². The van der Waals surface area contributed by atoms with Crippen LogP contribution in [0.15, 0.2) is 30.5 Å². The molecule has 4 heterocycles. The summed E-state index contributed by atoms with van der Waals surface area (Å²) in [6.07, 6.45) is 3.67. The topological polar surface area (TPSA) is 90.1 Å². The molecule has 3 aliphatic rings. The fourth-order valence-electron chi connectivity index (χ4n) is 5.46. The van der Waals surface area contributed by atoms with Gasteiger partial charge in [0.15, 0.2) is 18.1 Å². The minimum absolute atomic E-state index is 0. The Balaban J connectivity index is 0.00000289. The van der Waals surface area contributed by atoms with Crippen molar-refractivity contribution in [3.63, 3.8) is 0 Å². The average Bonchev–Trinajstić information content (AvgIpc) is 2.86. The Kier molecular flexibility index (Phi) is 8.16. The molecule has 190 valence electrons. The molecule has 35 heavy (non-hydrogen) atoms. The summed E-state index contributed by atoms with van der Waals surface area (Å²) in [6, 6.07) is 8.61. The molecule has 0 spiro atoms. The quantitative estimate of drug-likeness (QED) is 0.671. The van der Waals surface area contributed by atoms with Gasteiger partial charge >= 0.3 is 0 Å². The van der Waals surface area contributed by atoms with Crippen molar-refractivity contribution in [2.24, 2.45) is 5.73 Å². The summed E-state index contributed by atoms with van der Waals surface area (Å²) in [5, 5.41) is 0. The van der Waals surface area contributed by atoms with Gasteiger partial charge in [-0.25, -0.2) is 0 Å². The lowest BCUT2D eigenvalue weighted by Crippen LogP contribution is -2.50. The standard InChI is InChI=1S/C26H34N4O4.ClH/c1-17-3-5-28-22(11-17)20-15-30-6-4-18-12-25(34-16-26(31)29-7-9-33-10-8-29)24(32-2)13-19(18)23(30)14-21(20)27;/h3,5,11-13,20-21,23H,4,6-10,14-16,27H2,1-2H3;1H/t20-,21-,23-;/m1./s1. The maximum atomic E-state index is 12.5. The number of piperidine rings is 1. The summed E-state index contributed by atoms with van der Waals surface area (Å²) in [5.41, 5.74) is 11.5. The molecule has 0 unspecified atom stereocenters. The molecule has 2 N–H and O–H groups in total. The molecule has 0 aliphatic carbocycles. The van der Waals surface area contributed by atoms with E-state index in [4.69, 9.17) is 19.9 Å². The zero-order chi connectivity index (χ0) is 23.7. The maximum absolute atomic E-state index is 12.5. The highest BCUT2D eigenvalue weighted by Crippen LogP contribution is 2.44. The zero-order valence-corrected chi connectivity index (χ0v) is 21.3. The molecule has 8 nitrogen and oxygen atoms in total. The monoisotopic (exact) mass is 502 g/mol. The minimum atomic E-state index is -0.0247. The van der Waals surface area contributed by atoms with Gasteiger partial charge in [0.25, 0.3) is 5.91 Å². The Bertz CT molecular complexity index is 1050. The van der Waals surface area contributed by atoms with Crippen LogP contribution < -0.4 is 15.2 Å². The molecule has 1 amide bonds. The first kappa shape index (κ1) is 25.7. The number of rotatable bonds is 5. The van der Waals surface area contributed by atoms with Crippen molar-refractivity contribution in [1.29, 1.82) is 0 Å². The van der Waals surface area contributed by atoms with E-state index in [0.717, 1.165) is 31.6 Å². The number of benzene rings is 1. The molecule has 0 bridgehead atoms. The van der Waals surface area contributed by atoms with Gasteiger partial charge < -0.3 is 24.8 Å². The highest BCUT2D eigenvalue weighted by molar-refractivity contribution is 5.85. The Labute approximate surface area is 213 Å². The number of aromatic nitrogens is 1. The maximum Gasteiger partial charge on any atom is 0.260 e. The summed E-state index contributed by atoms with van der Waals surface area (Å²) in [4.78, 5) is 21.5. The predicted octanol–water partition coefficient (Wildman–Crippen LogP) is 2.47. The molecule has 1 aromatic carbocycles. The van der Waals surface area contributed by atoms with E-state index >= 15 is 0 Å². The van der Waals surface area contributed by atoms with E-state index in [9.17, 15) is 4.79 Å². The SMILES string of the molecule is COc1cc2c(cc1OCC(=O)N1CCOCC1)CCN1C[C@@H](c3cc(C)ccn3)[C@H](N)C[C@H]21.Cl. The number of pyridine rings is 1. The lowest BCUT2D eigenvalue weighted by atomic mass is 9.79. The number of fused-ring (bicyclic) bond motifs is 3. The number of ether oxygens (including phenoxy) is 3. The highest BCUT2D eigenvalue weighted by atomic mass is 35.5. The van der Waals surface area contributed by atoms with Gasteiger partial charge in [0.1, 0.15) is 0 Å². The van der Waals surface area contributed by atoms with Crippen LogP contribution in [0.4, 0.5) is 0 Å². The number of hydrogen-bond acceptors (Lipinski definition) is 7. The number of halogens is 1. The third kappa shape index (κ3) is 5.40. The molecule has 9 heteroatoms. The van der Waals surface area contributed by atoms with E-state index in [2.05, 4.69) is 35.0 Å². The molecule has 5 rings (SSSR count). The fraction of sp³-hybridized carbons (Fsp3) is 0.538. The fourth-order valence-corrected chi connectivity index (χ4v) is 5.46. The summed E-state index contributed by atoms with van der Waals surface area (Å²) in [6.45, 7) is 6.34. The van der Waals surface area contributed by atoms with Gasteiger partial charge in [-0.1, -0.05) is 0 Å². The van der Waals surface area contributed by atoms with Crippen LogP contribution in [-0.2, 0) is 16.0 Å². The lowest BCUT2D eigenvalue weighted by Gasteiger charge is -2.46. The van der Waals surface area contributed by atoms with Crippen LogP contribution in [0, 0.1) is 6.92 Å². The summed E-state index contributed by atoms with van der Waals surface area (Å²) in [5.74, 6) is 1.49. The first-order valence-electron chi connectivity index (χ1n) is 12.1. The Morgan fingerprint density at radius 3 is 2.74 bits per heavy atom. The molecule has 2 aromatic rings.